The van der Waals surface area contributed by atoms with Crippen molar-refractivity contribution in [3.05, 3.63) is 45.1 Å². The lowest BCUT2D eigenvalue weighted by Gasteiger charge is -2.34. The van der Waals surface area contributed by atoms with Crippen LogP contribution in [0.4, 0.5) is 5.69 Å². The number of hydrogen-bond donors (Lipinski definition) is 2. The molecule has 3 N–H and O–H groups in total. The minimum atomic E-state index is -0.245. The number of ether oxygens (including phenoxy) is 1. The van der Waals surface area contributed by atoms with E-state index in [-0.39, 0.29) is 5.91 Å². The van der Waals surface area contributed by atoms with Crippen LogP contribution in [0.2, 0.25) is 5.02 Å². The van der Waals surface area contributed by atoms with Crippen molar-refractivity contribution in [2.45, 2.75) is 6.54 Å². The number of methoxy groups -OCH3 is 1. The number of rotatable bonds is 5. The lowest BCUT2D eigenvalue weighted by molar-refractivity contribution is 0.0604. The topological polar surface area (TPSA) is 70.8 Å². The first kappa shape index (κ1) is 18.0. The Kier molecular flexibility index (Phi) is 5.80. The molecule has 0 aliphatic carbocycles. The van der Waals surface area contributed by atoms with E-state index in [9.17, 15) is 4.79 Å². The number of piperazine rings is 1. The number of nitrogen functional groups attached to an aromatic ring is 1. The molecular formula is C17H21ClN4O2S. The third-order valence-electron chi connectivity index (χ3n) is 4.15. The van der Waals surface area contributed by atoms with Crippen LogP contribution in [0.3, 0.4) is 0 Å². The van der Waals surface area contributed by atoms with Crippen LogP contribution in [0.5, 0.6) is 5.75 Å². The number of halogens is 1. The number of hydrazine groups is 1. The Morgan fingerprint density at radius 1 is 1.36 bits per heavy atom. The molecule has 0 spiro atoms. The van der Waals surface area contributed by atoms with Gasteiger partial charge in [-0.3, -0.25) is 15.1 Å². The van der Waals surface area contributed by atoms with Crippen molar-refractivity contribution in [2.24, 2.45) is 0 Å². The van der Waals surface area contributed by atoms with Gasteiger partial charge in [-0.2, -0.15) is 0 Å². The number of benzene rings is 1. The van der Waals surface area contributed by atoms with Crippen molar-refractivity contribution >= 4 is 34.5 Å². The van der Waals surface area contributed by atoms with Crippen LogP contribution in [-0.2, 0) is 6.54 Å². The number of carbonyl (C=O) groups is 1. The second-order valence-electron chi connectivity index (χ2n) is 5.86. The highest BCUT2D eigenvalue weighted by atomic mass is 35.5. The number of thiophene rings is 1. The van der Waals surface area contributed by atoms with Gasteiger partial charge in [0, 0.05) is 43.7 Å². The molecule has 3 rings (SSSR count). The number of anilines is 1. The number of nitrogens with two attached hydrogens (primary N) is 1. The number of nitrogens with one attached hydrogen (secondary N) is 1. The van der Waals surface area contributed by atoms with Crippen molar-refractivity contribution < 1.29 is 9.53 Å². The van der Waals surface area contributed by atoms with Crippen molar-refractivity contribution in [1.82, 2.24) is 15.3 Å². The second kappa shape index (κ2) is 8.05. The average molecular weight is 381 g/mol. The van der Waals surface area contributed by atoms with E-state index in [4.69, 9.17) is 22.1 Å². The minimum Gasteiger partial charge on any atom is -0.496 e. The number of amides is 1. The van der Waals surface area contributed by atoms with Gasteiger partial charge in [-0.25, -0.2) is 5.01 Å². The minimum absolute atomic E-state index is 0.245. The maximum Gasteiger partial charge on any atom is 0.269 e. The lowest BCUT2D eigenvalue weighted by atomic mass is 10.1. The summed E-state index contributed by atoms with van der Waals surface area (Å²) in [5.41, 5.74) is 9.45. The van der Waals surface area contributed by atoms with Crippen molar-refractivity contribution in [1.29, 1.82) is 0 Å². The van der Waals surface area contributed by atoms with E-state index in [2.05, 4.69) is 27.8 Å². The molecule has 8 heteroatoms. The van der Waals surface area contributed by atoms with Gasteiger partial charge in [0.2, 0.25) is 0 Å². The molecule has 1 aliphatic heterocycles. The summed E-state index contributed by atoms with van der Waals surface area (Å²) in [6, 6.07) is 7.33. The van der Waals surface area contributed by atoms with Crippen LogP contribution in [-0.4, -0.2) is 49.1 Å². The summed E-state index contributed by atoms with van der Waals surface area (Å²) in [5.74, 6) is 0.168. The maximum atomic E-state index is 12.5. The SMILES string of the molecule is COc1cc(N)c(Cl)cc1C(=O)NN1CCN(Cc2cccs2)CC1. The summed E-state index contributed by atoms with van der Waals surface area (Å²) in [7, 11) is 1.50. The summed E-state index contributed by atoms with van der Waals surface area (Å²) >= 11 is 7.81. The maximum absolute atomic E-state index is 12.5. The van der Waals surface area contributed by atoms with Crippen LogP contribution in [0, 0.1) is 0 Å². The first-order valence-electron chi connectivity index (χ1n) is 8.00. The Hall–Kier alpha value is -1.80. The predicted octanol–water partition coefficient (Wildman–Crippen LogP) is 2.45. The third kappa shape index (κ3) is 4.43. The van der Waals surface area contributed by atoms with Gasteiger partial charge in [0.15, 0.2) is 0 Å². The van der Waals surface area contributed by atoms with E-state index < -0.39 is 0 Å². The predicted molar refractivity (Wildman–Crippen MR) is 101 cm³/mol. The molecule has 0 atom stereocenters. The largest absolute Gasteiger partial charge is 0.496 e. The molecule has 2 aromatic rings. The zero-order valence-corrected chi connectivity index (χ0v) is 15.6. The zero-order valence-electron chi connectivity index (χ0n) is 14.0. The van der Waals surface area contributed by atoms with Crippen molar-refractivity contribution in [2.75, 3.05) is 39.0 Å². The molecule has 0 radical (unpaired) electrons. The highest BCUT2D eigenvalue weighted by molar-refractivity contribution is 7.09. The highest BCUT2D eigenvalue weighted by Gasteiger charge is 2.21. The Labute approximate surface area is 156 Å². The Morgan fingerprint density at radius 2 is 2.12 bits per heavy atom. The fourth-order valence-electron chi connectivity index (χ4n) is 2.76. The van der Waals surface area contributed by atoms with Crippen LogP contribution < -0.4 is 15.9 Å². The third-order valence-corrected chi connectivity index (χ3v) is 5.34. The van der Waals surface area contributed by atoms with Crippen LogP contribution >= 0.6 is 22.9 Å². The summed E-state index contributed by atoms with van der Waals surface area (Å²) in [6.07, 6.45) is 0. The average Bonchev–Trinajstić information content (AvgIpc) is 3.11. The van der Waals surface area contributed by atoms with E-state index in [1.54, 1.807) is 17.4 Å². The first-order valence-corrected chi connectivity index (χ1v) is 9.26. The molecule has 1 amide bonds. The summed E-state index contributed by atoms with van der Waals surface area (Å²) in [6.45, 7) is 4.29. The lowest BCUT2D eigenvalue weighted by Crippen LogP contribution is -2.53. The molecule has 0 unspecified atom stereocenters. The Bertz CT molecular complexity index is 730. The quantitative estimate of drug-likeness (QED) is 0.780. The molecule has 1 aromatic carbocycles. The van der Waals surface area contributed by atoms with E-state index in [1.165, 1.54) is 18.1 Å². The van der Waals surface area contributed by atoms with E-state index in [1.807, 2.05) is 5.01 Å². The second-order valence-corrected chi connectivity index (χ2v) is 7.30. The molecule has 25 heavy (non-hydrogen) atoms. The molecule has 0 bridgehead atoms. The smallest absolute Gasteiger partial charge is 0.269 e. The fraction of sp³-hybridized carbons (Fsp3) is 0.353. The highest BCUT2D eigenvalue weighted by Crippen LogP contribution is 2.28. The number of carbonyl (C=O) groups excluding carboxylic acids is 1. The standard InChI is InChI=1S/C17H21ClN4O2S/c1-24-16-10-15(19)14(18)9-13(16)17(23)20-22-6-4-21(5-7-22)11-12-3-2-8-25-12/h2-3,8-10H,4-7,11,19H2,1H3,(H,20,23). The van der Waals surface area contributed by atoms with Crippen LogP contribution in [0.15, 0.2) is 29.6 Å². The first-order chi connectivity index (χ1) is 12.1. The molecule has 1 saturated heterocycles. The van der Waals surface area contributed by atoms with Gasteiger partial charge < -0.3 is 10.5 Å². The van der Waals surface area contributed by atoms with Gasteiger partial charge in [0.1, 0.15) is 5.75 Å². The molecule has 1 aromatic heterocycles. The van der Waals surface area contributed by atoms with Gasteiger partial charge in [-0.05, 0) is 17.5 Å². The van der Waals surface area contributed by atoms with Crippen LogP contribution in [0.25, 0.3) is 0 Å². The van der Waals surface area contributed by atoms with Crippen molar-refractivity contribution in [3.8, 4) is 5.75 Å². The fourth-order valence-corrected chi connectivity index (χ4v) is 3.67. The van der Waals surface area contributed by atoms with Gasteiger partial charge in [-0.15, -0.1) is 11.3 Å². The molecular weight excluding hydrogens is 360 g/mol. The Balaban J connectivity index is 1.57. The van der Waals surface area contributed by atoms with Gasteiger partial charge in [0.25, 0.3) is 5.91 Å². The molecule has 1 fully saturated rings. The Morgan fingerprint density at radius 3 is 2.76 bits per heavy atom. The van der Waals surface area contributed by atoms with Gasteiger partial charge in [0.05, 0.1) is 23.4 Å². The molecule has 6 nitrogen and oxygen atoms in total. The van der Waals surface area contributed by atoms with E-state index in [0.29, 0.717) is 22.0 Å². The molecule has 2 heterocycles. The van der Waals surface area contributed by atoms with Gasteiger partial charge >= 0.3 is 0 Å². The summed E-state index contributed by atoms with van der Waals surface area (Å²) in [4.78, 5) is 16.3. The zero-order chi connectivity index (χ0) is 17.8. The summed E-state index contributed by atoms with van der Waals surface area (Å²) < 4.78 is 5.24. The normalized spacial score (nSPS) is 15.9. The van der Waals surface area contributed by atoms with E-state index in [0.717, 1.165) is 32.7 Å². The number of hydrogen-bond acceptors (Lipinski definition) is 6. The summed E-state index contributed by atoms with van der Waals surface area (Å²) in [5, 5.41) is 4.36. The van der Waals surface area contributed by atoms with E-state index >= 15 is 0 Å². The molecule has 0 saturated carbocycles. The molecule has 1 aliphatic rings. The monoisotopic (exact) mass is 380 g/mol. The van der Waals surface area contributed by atoms with Crippen molar-refractivity contribution in [3.63, 3.8) is 0 Å². The molecule has 134 valence electrons. The van der Waals surface area contributed by atoms with Gasteiger partial charge in [-0.1, -0.05) is 17.7 Å². The number of nitrogens with zero attached hydrogens (tertiary/aromatic N) is 2. The van der Waals surface area contributed by atoms with Crippen LogP contribution in [0.1, 0.15) is 15.2 Å².